The number of nitrogens with zero attached hydrogens (tertiary/aromatic N) is 1. The molecule has 2 atom stereocenters. The van der Waals surface area contributed by atoms with Gasteiger partial charge >= 0.3 is 0 Å². The number of hydrogen-bond acceptors (Lipinski definition) is 3. The maximum Gasteiger partial charge on any atom is 0.258 e. The van der Waals surface area contributed by atoms with E-state index in [0.717, 1.165) is 17.7 Å². The zero-order chi connectivity index (χ0) is 14.1. The van der Waals surface area contributed by atoms with Crippen LogP contribution < -0.4 is 5.32 Å². The fourth-order valence-electron chi connectivity index (χ4n) is 2.58. The van der Waals surface area contributed by atoms with Crippen LogP contribution in [0.3, 0.4) is 0 Å². The number of nitrogens with one attached hydrogen (secondary N) is 1. The molecular formula is C16H18N2OS. The van der Waals surface area contributed by atoms with Gasteiger partial charge in [-0.05, 0) is 36.9 Å². The van der Waals surface area contributed by atoms with Crippen molar-refractivity contribution in [2.75, 3.05) is 5.32 Å². The fourth-order valence-corrected chi connectivity index (χ4v) is 3.35. The Bertz CT molecular complexity index is 609. The Morgan fingerprint density at radius 3 is 2.80 bits per heavy atom. The van der Waals surface area contributed by atoms with Gasteiger partial charge in [0.05, 0.1) is 5.56 Å². The molecular weight excluding hydrogens is 268 g/mol. The van der Waals surface area contributed by atoms with Gasteiger partial charge in [-0.2, -0.15) is 0 Å². The van der Waals surface area contributed by atoms with E-state index in [9.17, 15) is 4.79 Å². The van der Waals surface area contributed by atoms with Crippen molar-refractivity contribution in [3.05, 3.63) is 52.2 Å². The summed E-state index contributed by atoms with van der Waals surface area (Å²) in [6.45, 7) is 4.22. The molecule has 0 fully saturated rings. The summed E-state index contributed by atoms with van der Waals surface area (Å²) in [4.78, 5) is 16.0. The van der Waals surface area contributed by atoms with Crippen molar-refractivity contribution in [1.29, 1.82) is 0 Å². The van der Waals surface area contributed by atoms with Crippen LogP contribution in [0.1, 0.15) is 41.7 Å². The molecule has 4 heteroatoms. The van der Waals surface area contributed by atoms with Crippen molar-refractivity contribution in [2.24, 2.45) is 0 Å². The van der Waals surface area contributed by atoms with E-state index in [0.29, 0.717) is 0 Å². The van der Waals surface area contributed by atoms with Gasteiger partial charge in [-0.1, -0.05) is 25.1 Å². The zero-order valence-corrected chi connectivity index (χ0v) is 12.5. The van der Waals surface area contributed by atoms with Gasteiger partial charge in [0, 0.05) is 16.6 Å². The van der Waals surface area contributed by atoms with Crippen molar-refractivity contribution < 1.29 is 4.79 Å². The van der Waals surface area contributed by atoms with Gasteiger partial charge < -0.3 is 10.2 Å². The second-order valence-corrected chi connectivity index (χ2v) is 6.06. The van der Waals surface area contributed by atoms with Crippen LogP contribution in [0.15, 0.2) is 41.8 Å². The smallest absolute Gasteiger partial charge is 0.258 e. The van der Waals surface area contributed by atoms with Crippen molar-refractivity contribution in [3.63, 3.8) is 0 Å². The number of hydrogen-bond donors (Lipinski definition) is 1. The van der Waals surface area contributed by atoms with E-state index in [1.165, 1.54) is 4.88 Å². The van der Waals surface area contributed by atoms with Crippen LogP contribution in [0, 0.1) is 0 Å². The maximum atomic E-state index is 12.8. The van der Waals surface area contributed by atoms with Crippen LogP contribution >= 0.6 is 11.3 Å². The summed E-state index contributed by atoms with van der Waals surface area (Å²) in [6, 6.07) is 12.1. The fraction of sp³-hybridized carbons (Fsp3) is 0.312. The first-order chi connectivity index (χ1) is 9.72. The minimum atomic E-state index is -0.0626. The molecule has 3 rings (SSSR count). The minimum Gasteiger partial charge on any atom is -0.360 e. The lowest BCUT2D eigenvalue weighted by Crippen LogP contribution is -2.47. The number of carbonyl (C=O) groups excluding carboxylic acids is 1. The van der Waals surface area contributed by atoms with Gasteiger partial charge in [-0.3, -0.25) is 4.79 Å². The van der Waals surface area contributed by atoms with E-state index < -0.39 is 0 Å². The summed E-state index contributed by atoms with van der Waals surface area (Å²) < 4.78 is 0. The molecule has 0 aliphatic carbocycles. The first-order valence-corrected chi connectivity index (χ1v) is 7.82. The summed E-state index contributed by atoms with van der Waals surface area (Å²) in [5, 5.41) is 5.56. The molecule has 2 heterocycles. The zero-order valence-electron chi connectivity index (χ0n) is 11.7. The summed E-state index contributed by atoms with van der Waals surface area (Å²) in [7, 11) is 0. The third kappa shape index (κ3) is 2.10. The van der Waals surface area contributed by atoms with Crippen molar-refractivity contribution in [1.82, 2.24) is 4.90 Å². The summed E-state index contributed by atoms with van der Waals surface area (Å²) in [5.74, 6) is 0.118. The topological polar surface area (TPSA) is 32.3 Å². The highest BCUT2D eigenvalue weighted by Gasteiger charge is 2.35. The number of amides is 1. The monoisotopic (exact) mass is 286 g/mol. The molecule has 0 bridgehead atoms. The Balaban J connectivity index is 2.07. The third-order valence-corrected chi connectivity index (χ3v) is 4.77. The average molecular weight is 286 g/mol. The van der Waals surface area contributed by atoms with Crippen LogP contribution in [0.2, 0.25) is 0 Å². The standard InChI is InChI=1S/C16H18N2OS/c1-3-11(2)18-15(14-9-6-10-20-14)17-13-8-5-4-7-12(13)16(18)19/h4-11,15,17H,3H2,1-2H3/t11-,15-/m0/s1. The first-order valence-electron chi connectivity index (χ1n) is 6.94. The molecule has 0 unspecified atom stereocenters. The van der Waals surface area contributed by atoms with E-state index in [-0.39, 0.29) is 18.1 Å². The molecule has 1 aliphatic heterocycles. The number of rotatable bonds is 3. The number of benzene rings is 1. The number of para-hydroxylation sites is 1. The van der Waals surface area contributed by atoms with Crippen LogP contribution in [0.25, 0.3) is 0 Å². The molecule has 1 aliphatic rings. The number of anilines is 1. The van der Waals surface area contributed by atoms with E-state index in [1.807, 2.05) is 35.2 Å². The highest BCUT2D eigenvalue weighted by Crippen LogP contribution is 2.36. The predicted molar refractivity (Wildman–Crippen MR) is 83.0 cm³/mol. The van der Waals surface area contributed by atoms with Crippen LogP contribution in [-0.2, 0) is 0 Å². The predicted octanol–water partition coefficient (Wildman–Crippen LogP) is 4.11. The third-order valence-electron chi connectivity index (χ3n) is 3.84. The molecule has 2 aromatic rings. The summed E-state index contributed by atoms with van der Waals surface area (Å²) in [5.41, 5.74) is 1.69. The van der Waals surface area contributed by atoms with Gasteiger partial charge in [-0.25, -0.2) is 0 Å². The van der Waals surface area contributed by atoms with Gasteiger partial charge in [-0.15, -0.1) is 11.3 Å². The second kappa shape index (κ2) is 5.29. The van der Waals surface area contributed by atoms with Gasteiger partial charge in [0.2, 0.25) is 0 Å². The normalized spacial score (nSPS) is 19.4. The molecule has 104 valence electrons. The number of fused-ring (bicyclic) bond motifs is 1. The van der Waals surface area contributed by atoms with Gasteiger partial charge in [0.15, 0.2) is 0 Å². The van der Waals surface area contributed by atoms with Crippen LogP contribution in [-0.4, -0.2) is 16.8 Å². The molecule has 0 spiro atoms. The van der Waals surface area contributed by atoms with Crippen LogP contribution in [0.4, 0.5) is 5.69 Å². The minimum absolute atomic E-state index is 0.0626. The molecule has 0 saturated heterocycles. The molecule has 0 radical (unpaired) electrons. The van der Waals surface area contributed by atoms with E-state index >= 15 is 0 Å². The highest BCUT2D eigenvalue weighted by molar-refractivity contribution is 7.10. The van der Waals surface area contributed by atoms with E-state index in [2.05, 4.69) is 30.6 Å². The van der Waals surface area contributed by atoms with Crippen molar-refractivity contribution >= 4 is 22.9 Å². The quantitative estimate of drug-likeness (QED) is 0.920. The van der Waals surface area contributed by atoms with Crippen LogP contribution in [0.5, 0.6) is 0 Å². The largest absolute Gasteiger partial charge is 0.360 e. The van der Waals surface area contributed by atoms with Crippen molar-refractivity contribution in [3.8, 4) is 0 Å². The SMILES string of the molecule is CC[C@H](C)N1C(=O)c2ccccc2N[C@@H]1c1cccs1. The Morgan fingerprint density at radius 2 is 2.10 bits per heavy atom. The Kier molecular flexibility index (Phi) is 3.49. The average Bonchev–Trinajstić information content (AvgIpc) is 3.00. The van der Waals surface area contributed by atoms with Crippen molar-refractivity contribution in [2.45, 2.75) is 32.5 Å². The highest BCUT2D eigenvalue weighted by atomic mass is 32.1. The molecule has 1 aromatic carbocycles. The van der Waals surface area contributed by atoms with Gasteiger partial charge in [0.25, 0.3) is 5.91 Å². The summed E-state index contributed by atoms with van der Waals surface area (Å²) in [6.07, 6.45) is 0.879. The second-order valence-electron chi connectivity index (χ2n) is 5.08. The molecule has 20 heavy (non-hydrogen) atoms. The van der Waals surface area contributed by atoms with E-state index in [1.54, 1.807) is 11.3 Å². The lowest BCUT2D eigenvalue weighted by atomic mass is 10.0. The Labute approximate surface area is 123 Å². The van der Waals surface area contributed by atoms with E-state index in [4.69, 9.17) is 0 Å². The molecule has 0 saturated carbocycles. The molecule has 1 aromatic heterocycles. The lowest BCUT2D eigenvalue weighted by molar-refractivity contribution is 0.0597. The first kappa shape index (κ1) is 13.2. The molecule has 1 N–H and O–H groups in total. The number of carbonyl (C=O) groups is 1. The Hall–Kier alpha value is -1.81. The maximum absolute atomic E-state index is 12.8. The lowest BCUT2D eigenvalue weighted by Gasteiger charge is -2.40. The number of thiophene rings is 1. The molecule has 1 amide bonds. The van der Waals surface area contributed by atoms with Gasteiger partial charge in [0.1, 0.15) is 6.17 Å². The molecule has 3 nitrogen and oxygen atoms in total. The Morgan fingerprint density at radius 1 is 1.30 bits per heavy atom. The summed E-state index contributed by atoms with van der Waals surface area (Å²) >= 11 is 1.68.